The number of nitrogens with one attached hydrogen (secondary N) is 1. The summed E-state index contributed by atoms with van der Waals surface area (Å²) in [7, 11) is 0. The van der Waals surface area contributed by atoms with Crippen LogP contribution in [-0.2, 0) is 4.79 Å². The van der Waals surface area contributed by atoms with Crippen molar-refractivity contribution in [2.24, 2.45) is 0 Å². The summed E-state index contributed by atoms with van der Waals surface area (Å²) in [5, 5.41) is 10.1. The molecule has 1 N–H and O–H groups in total. The van der Waals surface area contributed by atoms with Crippen molar-refractivity contribution in [3.05, 3.63) is 47.8 Å². The molecule has 0 radical (unpaired) electrons. The molecular formula is C15H10F4N4O. The lowest BCUT2D eigenvalue weighted by atomic mass is 10.1. The lowest BCUT2D eigenvalue weighted by Crippen LogP contribution is -2.30. The second-order valence-electron chi connectivity index (χ2n) is 5.07. The smallest absolute Gasteiger partial charge is 0.318 e. The molecular weight excluding hydrogens is 328 g/mol. The van der Waals surface area contributed by atoms with Crippen molar-refractivity contribution in [3.8, 4) is 5.69 Å². The number of carbonyl (C=O) groups excluding carboxylic acids is 1. The van der Waals surface area contributed by atoms with E-state index in [1.807, 2.05) is 5.32 Å². The van der Waals surface area contributed by atoms with E-state index in [2.05, 4.69) is 10.2 Å². The molecule has 0 saturated carbocycles. The normalized spacial score (nSPS) is 11.7. The molecule has 24 heavy (non-hydrogen) atoms. The van der Waals surface area contributed by atoms with Gasteiger partial charge in [0.25, 0.3) is 0 Å². The molecule has 1 amide bonds. The molecule has 124 valence electrons. The molecule has 5 nitrogen and oxygen atoms in total. The standard InChI is InChI=1S/C15H10F4N4O/c1-8-6-12-13(7-11(8)20-14(24)15(17,18)19)22-23(21-12)10-4-2-9(16)3-5-10/h2-7H,1H3,(H,20,24). The third kappa shape index (κ3) is 3.05. The summed E-state index contributed by atoms with van der Waals surface area (Å²) in [4.78, 5) is 12.3. The Morgan fingerprint density at radius 2 is 1.67 bits per heavy atom. The van der Waals surface area contributed by atoms with E-state index in [4.69, 9.17) is 0 Å². The van der Waals surface area contributed by atoms with Crippen LogP contribution in [0.1, 0.15) is 5.56 Å². The van der Waals surface area contributed by atoms with E-state index < -0.39 is 17.9 Å². The third-order valence-corrected chi connectivity index (χ3v) is 3.29. The van der Waals surface area contributed by atoms with E-state index in [1.165, 1.54) is 41.2 Å². The van der Waals surface area contributed by atoms with Crippen LogP contribution in [-0.4, -0.2) is 27.1 Å². The zero-order valence-corrected chi connectivity index (χ0v) is 12.2. The van der Waals surface area contributed by atoms with Crippen LogP contribution in [0.3, 0.4) is 0 Å². The number of aromatic nitrogens is 3. The quantitative estimate of drug-likeness (QED) is 0.729. The molecule has 2 aromatic carbocycles. The van der Waals surface area contributed by atoms with Gasteiger partial charge in [0.1, 0.15) is 16.9 Å². The minimum atomic E-state index is -4.98. The van der Waals surface area contributed by atoms with Gasteiger partial charge in [0.05, 0.1) is 5.69 Å². The van der Waals surface area contributed by atoms with Gasteiger partial charge >= 0.3 is 12.1 Å². The maximum Gasteiger partial charge on any atom is 0.471 e. The summed E-state index contributed by atoms with van der Waals surface area (Å²) in [6.07, 6.45) is -4.98. The largest absolute Gasteiger partial charge is 0.471 e. The molecule has 0 aliphatic carbocycles. The van der Waals surface area contributed by atoms with E-state index in [1.54, 1.807) is 6.92 Å². The van der Waals surface area contributed by atoms with Gasteiger partial charge in [0.2, 0.25) is 0 Å². The van der Waals surface area contributed by atoms with Crippen molar-refractivity contribution >= 4 is 22.6 Å². The summed E-state index contributed by atoms with van der Waals surface area (Å²) < 4.78 is 50.0. The Labute approximate surface area is 132 Å². The van der Waals surface area contributed by atoms with Crippen LogP contribution in [0.5, 0.6) is 0 Å². The fourth-order valence-corrected chi connectivity index (χ4v) is 2.09. The molecule has 1 aromatic heterocycles. The summed E-state index contributed by atoms with van der Waals surface area (Å²) in [5.74, 6) is -2.47. The van der Waals surface area contributed by atoms with Gasteiger partial charge in [-0.2, -0.15) is 18.0 Å². The molecule has 1 heterocycles. The van der Waals surface area contributed by atoms with Crippen LogP contribution < -0.4 is 5.32 Å². The number of fused-ring (bicyclic) bond motifs is 1. The zero-order valence-electron chi connectivity index (χ0n) is 12.2. The van der Waals surface area contributed by atoms with E-state index in [9.17, 15) is 22.4 Å². The summed E-state index contributed by atoms with van der Waals surface area (Å²) in [6.45, 7) is 1.54. The van der Waals surface area contributed by atoms with Crippen molar-refractivity contribution < 1.29 is 22.4 Å². The SMILES string of the molecule is Cc1cc2nn(-c3ccc(F)cc3)nc2cc1NC(=O)C(F)(F)F. The van der Waals surface area contributed by atoms with Crippen molar-refractivity contribution in [1.82, 2.24) is 15.0 Å². The monoisotopic (exact) mass is 338 g/mol. The maximum atomic E-state index is 12.9. The van der Waals surface area contributed by atoms with E-state index in [-0.39, 0.29) is 5.69 Å². The number of aryl methyl sites for hydroxylation is 1. The van der Waals surface area contributed by atoms with E-state index in [0.717, 1.165) is 0 Å². The van der Waals surface area contributed by atoms with Gasteiger partial charge in [-0.25, -0.2) is 4.39 Å². The number of halogens is 4. The highest BCUT2D eigenvalue weighted by atomic mass is 19.4. The Morgan fingerprint density at radius 3 is 2.25 bits per heavy atom. The van der Waals surface area contributed by atoms with Gasteiger partial charge < -0.3 is 5.32 Å². The van der Waals surface area contributed by atoms with Crippen molar-refractivity contribution in [2.45, 2.75) is 13.1 Å². The molecule has 0 fully saturated rings. The fourth-order valence-electron chi connectivity index (χ4n) is 2.09. The van der Waals surface area contributed by atoms with Crippen molar-refractivity contribution in [3.63, 3.8) is 0 Å². The lowest BCUT2D eigenvalue weighted by Gasteiger charge is -2.09. The Kier molecular flexibility index (Phi) is 3.70. The second-order valence-corrected chi connectivity index (χ2v) is 5.07. The van der Waals surface area contributed by atoms with Gasteiger partial charge in [-0.1, -0.05) is 0 Å². The molecule has 0 saturated heterocycles. The number of nitrogens with zero attached hydrogens (tertiary/aromatic N) is 3. The topological polar surface area (TPSA) is 59.8 Å². The summed E-state index contributed by atoms with van der Waals surface area (Å²) in [6, 6.07) is 8.23. The van der Waals surface area contributed by atoms with E-state index >= 15 is 0 Å². The number of rotatable bonds is 2. The van der Waals surface area contributed by atoms with Gasteiger partial charge in [0, 0.05) is 5.69 Å². The molecule has 0 unspecified atom stereocenters. The second kappa shape index (κ2) is 5.59. The number of amides is 1. The zero-order chi connectivity index (χ0) is 17.5. The first kappa shape index (κ1) is 15.9. The third-order valence-electron chi connectivity index (χ3n) is 3.29. The molecule has 3 aromatic rings. The van der Waals surface area contributed by atoms with Crippen molar-refractivity contribution in [2.75, 3.05) is 5.32 Å². The number of hydrogen-bond acceptors (Lipinski definition) is 3. The number of benzene rings is 2. The van der Waals surface area contributed by atoms with Crippen LogP contribution in [0.2, 0.25) is 0 Å². The van der Waals surface area contributed by atoms with Crippen LogP contribution in [0.25, 0.3) is 16.7 Å². The van der Waals surface area contributed by atoms with Crippen LogP contribution in [0.4, 0.5) is 23.2 Å². The van der Waals surface area contributed by atoms with Crippen LogP contribution >= 0.6 is 0 Å². The molecule has 0 aliphatic heterocycles. The highest BCUT2D eigenvalue weighted by molar-refractivity contribution is 5.97. The van der Waals surface area contributed by atoms with Crippen LogP contribution in [0, 0.1) is 12.7 Å². The van der Waals surface area contributed by atoms with Gasteiger partial charge in [-0.3, -0.25) is 4.79 Å². The summed E-state index contributed by atoms with van der Waals surface area (Å²) >= 11 is 0. The van der Waals surface area contributed by atoms with E-state index in [0.29, 0.717) is 22.3 Å². The first-order valence-electron chi connectivity index (χ1n) is 6.76. The van der Waals surface area contributed by atoms with Crippen LogP contribution in [0.15, 0.2) is 36.4 Å². The molecule has 3 rings (SSSR count). The Hall–Kier alpha value is -2.97. The minimum Gasteiger partial charge on any atom is -0.318 e. The molecule has 0 aliphatic rings. The van der Waals surface area contributed by atoms with Gasteiger partial charge in [0.15, 0.2) is 0 Å². The molecule has 0 bridgehead atoms. The fraction of sp³-hybridized carbons (Fsp3) is 0.133. The Morgan fingerprint density at radius 1 is 1.08 bits per heavy atom. The minimum absolute atomic E-state index is 0.00372. The lowest BCUT2D eigenvalue weighted by molar-refractivity contribution is -0.167. The number of hydrogen-bond donors (Lipinski definition) is 1. The van der Waals surface area contributed by atoms with Gasteiger partial charge in [-0.05, 0) is 48.9 Å². The average molecular weight is 338 g/mol. The van der Waals surface area contributed by atoms with Crippen molar-refractivity contribution in [1.29, 1.82) is 0 Å². The number of alkyl halides is 3. The highest BCUT2D eigenvalue weighted by Gasteiger charge is 2.38. The Bertz CT molecular complexity index is 916. The first-order valence-corrected chi connectivity index (χ1v) is 6.76. The molecule has 9 heteroatoms. The molecule has 0 atom stereocenters. The maximum absolute atomic E-state index is 12.9. The Balaban J connectivity index is 1.99. The predicted octanol–water partition coefficient (Wildman–Crippen LogP) is 3.37. The average Bonchev–Trinajstić information content (AvgIpc) is 2.90. The predicted molar refractivity (Wildman–Crippen MR) is 78.2 cm³/mol. The van der Waals surface area contributed by atoms with Gasteiger partial charge in [-0.15, -0.1) is 10.2 Å². The first-order chi connectivity index (χ1) is 11.2. The molecule has 0 spiro atoms. The summed E-state index contributed by atoms with van der Waals surface area (Å²) in [5.41, 5.74) is 1.62. The highest BCUT2D eigenvalue weighted by Crippen LogP contribution is 2.24. The number of anilines is 1. The number of carbonyl (C=O) groups is 1.